The van der Waals surface area contributed by atoms with E-state index < -0.39 is 0 Å². The Labute approximate surface area is 251 Å². The highest BCUT2D eigenvalue weighted by molar-refractivity contribution is 5.45. The predicted molar refractivity (Wildman–Crippen MR) is 178 cm³/mol. The predicted octanol–water partition coefficient (Wildman–Crippen LogP) is 13.1. The van der Waals surface area contributed by atoms with Crippen LogP contribution in [0.4, 0.5) is 0 Å². The Hall–Kier alpha value is -1.18. The highest BCUT2D eigenvalue weighted by Gasteiger charge is 2.09. The van der Waals surface area contributed by atoms with Crippen molar-refractivity contribution in [3.05, 3.63) is 23.3 Å². The molecule has 0 aliphatic carbocycles. The number of hydrogen-bond acceptors (Lipinski definition) is 2. The third-order valence-electron chi connectivity index (χ3n) is 8.88. The lowest BCUT2D eigenvalue weighted by Gasteiger charge is -2.10. The zero-order valence-corrected chi connectivity index (χ0v) is 27.3. The van der Waals surface area contributed by atoms with Crippen LogP contribution in [0.15, 0.2) is 12.1 Å². The fourth-order valence-electron chi connectivity index (χ4n) is 6.08. The Kier molecular flexibility index (Phi) is 25.8. The summed E-state index contributed by atoms with van der Waals surface area (Å²) >= 11 is 0. The molecule has 40 heavy (non-hydrogen) atoms. The van der Waals surface area contributed by atoms with Crippen LogP contribution in [0.25, 0.3) is 0 Å². The molecule has 2 N–H and O–H groups in total. The summed E-state index contributed by atoms with van der Waals surface area (Å²) in [6.45, 7) is 4.57. The molecule has 0 unspecified atom stereocenters. The normalized spacial score (nSPS) is 11.4. The smallest absolute Gasteiger partial charge is 0.119 e. The first-order valence-corrected chi connectivity index (χ1v) is 18.2. The van der Waals surface area contributed by atoms with E-state index >= 15 is 0 Å². The fourth-order valence-corrected chi connectivity index (χ4v) is 6.08. The maximum atomic E-state index is 10.5. The SMILES string of the molecule is CCCCCCCCCCCCCCCCc1cc(O)c(CCCCCCCCCCCCCCCC)cc1O. The van der Waals surface area contributed by atoms with Crippen molar-refractivity contribution in [1.82, 2.24) is 0 Å². The van der Waals surface area contributed by atoms with Crippen molar-refractivity contribution < 1.29 is 10.2 Å². The number of unbranched alkanes of at least 4 members (excludes halogenated alkanes) is 26. The standard InChI is InChI=1S/C38H70O2/c1-3-5-7-9-11-13-15-17-19-21-23-25-27-29-31-35-33-38(40)36(34-37(35)39)32-30-28-26-24-22-20-18-16-14-12-10-8-6-4-2/h33-34,39-40H,3-32H2,1-2H3. The Morgan fingerprint density at radius 1 is 0.325 bits per heavy atom. The molecule has 0 spiro atoms. The third-order valence-corrected chi connectivity index (χ3v) is 8.88. The van der Waals surface area contributed by atoms with Crippen LogP contribution < -0.4 is 0 Å². The van der Waals surface area contributed by atoms with Crippen molar-refractivity contribution in [2.24, 2.45) is 0 Å². The van der Waals surface area contributed by atoms with Gasteiger partial charge in [0.15, 0.2) is 0 Å². The molecule has 0 aliphatic rings. The number of phenols is 2. The van der Waals surface area contributed by atoms with Crippen molar-refractivity contribution in [3.63, 3.8) is 0 Å². The van der Waals surface area contributed by atoms with Crippen molar-refractivity contribution in [1.29, 1.82) is 0 Å². The van der Waals surface area contributed by atoms with Crippen LogP contribution in [0.2, 0.25) is 0 Å². The first-order chi connectivity index (χ1) is 19.7. The van der Waals surface area contributed by atoms with Gasteiger partial charge in [0.25, 0.3) is 0 Å². The highest BCUT2D eigenvalue weighted by atomic mass is 16.3. The number of aromatic hydroxyl groups is 2. The van der Waals surface area contributed by atoms with Gasteiger partial charge in [-0.05, 0) is 48.9 Å². The summed E-state index contributed by atoms with van der Waals surface area (Å²) in [7, 11) is 0. The Balaban J connectivity index is 1.99. The molecule has 234 valence electrons. The van der Waals surface area contributed by atoms with E-state index in [4.69, 9.17) is 0 Å². The molecule has 2 nitrogen and oxygen atoms in total. The van der Waals surface area contributed by atoms with Gasteiger partial charge in [-0.2, -0.15) is 0 Å². The van der Waals surface area contributed by atoms with E-state index in [1.165, 1.54) is 167 Å². The van der Waals surface area contributed by atoms with Crippen LogP contribution in [-0.4, -0.2) is 10.2 Å². The molecule has 1 aromatic rings. The molecular weight excluding hydrogens is 488 g/mol. The number of hydrogen-bond donors (Lipinski definition) is 2. The summed E-state index contributed by atoms with van der Waals surface area (Å²) in [5.74, 6) is 0.765. The molecule has 0 aromatic heterocycles. The average Bonchev–Trinajstić information content (AvgIpc) is 2.95. The Bertz CT molecular complexity index is 610. The van der Waals surface area contributed by atoms with Crippen molar-refractivity contribution in [2.75, 3.05) is 0 Å². The minimum Gasteiger partial charge on any atom is -0.508 e. The average molecular weight is 559 g/mol. The van der Waals surface area contributed by atoms with Crippen LogP contribution in [0.5, 0.6) is 11.5 Å². The van der Waals surface area contributed by atoms with E-state index in [1.807, 2.05) is 12.1 Å². The van der Waals surface area contributed by atoms with Crippen molar-refractivity contribution in [3.8, 4) is 11.5 Å². The lowest BCUT2D eigenvalue weighted by Crippen LogP contribution is -1.92. The summed E-state index contributed by atoms with van der Waals surface area (Å²) < 4.78 is 0. The second-order valence-corrected chi connectivity index (χ2v) is 12.8. The first kappa shape index (κ1) is 36.8. The number of rotatable bonds is 30. The zero-order valence-electron chi connectivity index (χ0n) is 27.3. The molecule has 0 radical (unpaired) electrons. The largest absolute Gasteiger partial charge is 0.508 e. The van der Waals surface area contributed by atoms with Crippen LogP contribution >= 0.6 is 0 Å². The summed E-state index contributed by atoms with van der Waals surface area (Å²) in [5, 5.41) is 21.0. The van der Waals surface area contributed by atoms with Gasteiger partial charge in [-0.15, -0.1) is 0 Å². The van der Waals surface area contributed by atoms with Gasteiger partial charge in [-0.25, -0.2) is 0 Å². The molecular formula is C38H70O2. The van der Waals surface area contributed by atoms with Crippen molar-refractivity contribution in [2.45, 2.75) is 206 Å². The second-order valence-electron chi connectivity index (χ2n) is 12.8. The molecule has 0 heterocycles. The molecule has 1 aromatic carbocycles. The molecule has 1 rings (SSSR count). The van der Waals surface area contributed by atoms with Gasteiger partial charge in [-0.3, -0.25) is 0 Å². The number of aryl methyl sites for hydroxylation is 2. The molecule has 0 amide bonds. The van der Waals surface area contributed by atoms with Gasteiger partial charge < -0.3 is 10.2 Å². The van der Waals surface area contributed by atoms with E-state index in [2.05, 4.69) is 13.8 Å². The van der Waals surface area contributed by atoms with E-state index in [-0.39, 0.29) is 0 Å². The topological polar surface area (TPSA) is 40.5 Å². The van der Waals surface area contributed by atoms with Crippen molar-refractivity contribution >= 4 is 0 Å². The Morgan fingerprint density at radius 3 is 0.750 bits per heavy atom. The van der Waals surface area contributed by atoms with Gasteiger partial charge in [0, 0.05) is 0 Å². The molecule has 0 aliphatic heterocycles. The molecule has 0 saturated carbocycles. The summed E-state index contributed by atoms with van der Waals surface area (Å²) in [6, 6.07) is 3.66. The highest BCUT2D eigenvalue weighted by Crippen LogP contribution is 2.30. The van der Waals surface area contributed by atoms with E-state index in [0.29, 0.717) is 11.5 Å². The summed E-state index contributed by atoms with van der Waals surface area (Å²) in [6.07, 6.45) is 39.8. The van der Waals surface area contributed by atoms with E-state index in [9.17, 15) is 10.2 Å². The summed E-state index contributed by atoms with van der Waals surface area (Å²) in [4.78, 5) is 0. The fraction of sp³-hybridized carbons (Fsp3) is 0.842. The zero-order chi connectivity index (χ0) is 28.9. The minimum absolute atomic E-state index is 0.382. The van der Waals surface area contributed by atoms with Crippen LogP contribution in [0.3, 0.4) is 0 Å². The molecule has 0 saturated heterocycles. The lowest BCUT2D eigenvalue weighted by molar-refractivity contribution is 0.445. The quantitative estimate of drug-likeness (QED) is 0.0728. The molecule has 0 bridgehead atoms. The number of phenolic OH excluding ortho intramolecular Hbond substituents is 2. The lowest BCUT2D eigenvalue weighted by atomic mass is 9.98. The van der Waals surface area contributed by atoms with Gasteiger partial charge in [0.05, 0.1) is 0 Å². The van der Waals surface area contributed by atoms with Crippen LogP contribution in [0.1, 0.15) is 205 Å². The number of benzene rings is 1. The van der Waals surface area contributed by atoms with Crippen LogP contribution in [0, 0.1) is 0 Å². The van der Waals surface area contributed by atoms with Gasteiger partial charge in [-0.1, -0.05) is 181 Å². The van der Waals surface area contributed by atoms with Gasteiger partial charge in [0.1, 0.15) is 11.5 Å². The maximum absolute atomic E-state index is 10.5. The van der Waals surface area contributed by atoms with E-state index in [1.54, 1.807) is 0 Å². The molecule has 2 heteroatoms. The molecule has 0 fully saturated rings. The first-order valence-electron chi connectivity index (χ1n) is 18.2. The van der Waals surface area contributed by atoms with E-state index in [0.717, 1.165) is 36.8 Å². The maximum Gasteiger partial charge on any atom is 0.119 e. The molecule has 0 atom stereocenters. The second kappa shape index (κ2) is 28.0. The Morgan fingerprint density at radius 2 is 0.525 bits per heavy atom. The minimum atomic E-state index is 0.382. The van der Waals surface area contributed by atoms with Crippen LogP contribution in [-0.2, 0) is 12.8 Å². The monoisotopic (exact) mass is 559 g/mol. The van der Waals surface area contributed by atoms with Gasteiger partial charge >= 0.3 is 0 Å². The third kappa shape index (κ3) is 21.6. The van der Waals surface area contributed by atoms with Gasteiger partial charge in [0.2, 0.25) is 0 Å². The summed E-state index contributed by atoms with van der Waals surface area (Å²) in [5.41, 5.74) is 1.84.